The molecule has 2 aliphatic rings. The second kappa shape index (κ2) is 12.1. The van der Waals surface area contributed by atoms with Gasteiger partial charge in [-0.2, -0.15) is 0 Å². The molecule has 1 aromatic heterocycles. The predicted molar refractivity (Wildman–Crippen MR) is 151 cm³/mol. The maximum atomic E-state index is 13.1. The van der Waals surface area contributed by atoms with Gasteiger partial charge in [-0.05, 0) is 55.3 Å². The largest absolute Gasteiger partial charge is 0.395 e. The molecule has 38 heavy (non-hydrogen) atoms. The van der Waals surface area contributed by atoms with Crippen molar-refractivity contribution in [1.29, 1.82) is 0 Å². The molecule has 0 bridgehead atoms. The van der Waals surface area contributed by atoms with Crippen LogP contribution < -0.4 is 10.2 Å². The first-order valence-corrected chi connectivity index (χ1v) is 13.8. The van der Waals surface area contributed by atoms with Gasteiger partial charge in [0.1, 0.15) is 0 Å². The number of nitrogens with zero attached hydrogens (tertiary/aromatic N) is 4. The van der Waals surface area contributed by atoms with Crippen LogP contribution in [-0.2, 0) is 0 Å². The fourth-order valence-electron chi connectivity index (χ4n) is 5.30. The molecule has 2 aromatic carbocycles. The molecule has 200 valence electrons. The van der Waals surface area contributed by atoms with E-state index in [-0.39, 0.29) is 18.4 Å². The zero-order chi connectivity index (χ0) is 26.5. The highest BCUT2D eigenvalue weighted by Gasteiger charge is 2.35. The van der Waals surface area contributed by atoms with Crippen LogP contribution in [0.1, 0.15) is 46.4 Å². The van der Waals surface area contributed by atoms with E-state index >= 15 is 0 Å². The summed E-state index contributed by atoms with van der Waals surface area (Å²) >= 11 is 6.07. The molecule has 2 amide bonds. The van der Waals surface area contributed by atoms with Gasteiger partial charge in [-0.3, -0.25) is 24.4 Å². The molecular weight excluding hydrogens is 502 g/mol. The van der Waals surface area contributed by atoms with Gasteiger partial charge in [-0.25, -0.2) is 0 Å². The molecule has 2 N–H and O–H groups in total. The lowest BCUT2D eigenvalue weighted by atomic mass is 10.1. The number of aliphatic hydroxyl groups is 1. The summed E-state index contributed by atoms with van der Waals surface area (Å²) in [6.45, 7) is 5.57. The summed E-state index contributed by atoms with van der Waals surface area (Å²) in [6.07, 6.45) is 5.53. The molecule has 3 aromatic rings. The van der Waals surface area contributed by atoms with E-state index < -0.39 is 0 Å². The molecule has 0 unspecified atom stereocenters. The van der Waals surface area contributed by atoms with Crippen molar-refractivity contribution in [1.82, 2.24) is 14.8 Å². The lowest BCUT2D eigenvalue weighted by molar-refractivity contribution is 0.0651. The Labute approximate surface area is 228 Å². The Morgan fingerprint density at radius 1 is 0.868 bits per heavy atom. The minimum Gasteiger partial charge on any atom is -0.395 e. The van der Waals surface area contributed by atoms with Crippen molar-refractivity contribution in [3.63, 3.8) is 0 Å². The fourth-order valence-corrected chi connectivity index (χ4v) is 5.46. The highest BCUT2D eigenvalue weighted by atomic mass is 35.5. The number of imide groups is 1. The number of β-amino-alcohol motifs (C(OH)–C–C–N with tert-alkyl or cyclic N) is 1. The molecule has 0 atom stereocenters. The minimum atomic E-state index is -0.185. The van der Waals surface area contributed by atoms with Crippen LogP contribution in [0.5, 0.6) is 0 Å². The van der Waals surface area contributed by atoms with Crippen LogP contribution in [0.3, 0.4) is 0 Å². The smallest absolute Gasteiger partial charge is 0.261 e. The number of hydrogen-bond donors (Lipinski definition) is 2. The Hall–Kier alpha value is -3.20. The third-order valence-corrected chi connectivity index (χ3v) is 7.67. The van der Waals surface area contributed by atoms with E-state index in [0.717, 1.165) is 80.7 Å². The van der Waals surface area contributed by atoms with Gasteiger partial charge in [-0.1, -0.05) is 24.4 Å². The van der Waals surface area contributed by atoms with Gasteiger partial charge in [0.2, 0.25) is 0 Å². The van der Waals surface area contributed by atoms with Gasteiger partial charge in [0, 0.05) is 73.8 Å². The van der Waals surface area contributed by atoms with E-state index in [9.17, 15) is 9.59 Å². The quantitative estimate of drug-likeness (QED) is 0.280. The van der Waals surface area contributed by atoms with Crippen molar-refractivity contribution < 1.29 is 14.7 Å². The van der Waals surface area contributed by atoms with Crippen molar-refractivity contribution in [2.45, 2.75) is 25.7 Å². The van der Waals surface area contributed by atoms with E-state index in [2.05, 4.69) is 20.1 Å². The molecule has 2 aliphatic heterocycles. The zero-order valence-corrected chi connectivity index (χ0v) is 22.3. The average molecular weight is 536 g/mol. The molecule has 1 fully saturated rings. The van der Waals surface area contributed by atoms with Crippen molar-refractivity contribution in [2.24, 2.45) is 0 Å². The minimum absolute atomic E-state index is 0.168. The molecule has 9 heteroatoms. The number of carbonyl (C=O) groups excluding carboxylic acids is 2. The maximum absolute atomic E-state index is 13.1. The molecule has 0 aliphatic carbocycles. The highest BCUT2D eigenvalue weighted by Crippen LogP contribution is 2.29. The number of benzene rings is 2. The lowest BCUT2D eigenvalue weighted by Gasteiger charge is -2.35. The molecule has 0 radical (unpaired) electrons. The Balaban J connectivity index is 1.06. The van der Waals surface area contributed by atoms with E-state index in [1.165, 1.54) is 4.90 Å². The summed E-state index contributed by atoms with van der Waals surface area (Å²) in [5.74, 6) is -0.368. The Bertz CT molecular complexity index is 1310. The summed E-state index contributed by atoms with van der Waals surface area (Å²) in [4.78, 5) is 36.2. The predicted octanol–water partition coefficient (Wildman–Crippen LogP) is 4.27. The molecule has 0 spiro atoms. The molecular formula is C29H34ClN5O3. The van der Waals surface area contributed by atoms with E-state index in [1.54, 1.807) is 12.3 Å². The maximum Gasteiger partial charge on any atom is 0.261 e. The molecule has 5 rings (SSSR count). The Kier molecular flexibility index (Phi) is 8.42. The molecule has 8 nitrogen and oxygen atoms in total. The number of carbonyl (C=O) groups is 2. The van der Waals surface area contributed by atoms with E-state index in [4.69, 9.17) is 16.7 Å². The zero-order valence-electron chi connectivity index (χ0n) is 21.5. The number of pyridine rings is 1. The number of rotatable bonds is 11. The van der Waals surface area contributed by atoms with Gasteiger partial charge in [-0.15, -0.1) is 0 Å². The topological polar surface area (TPSA) is 89.0 Å². The van der Waals surface area contributed by atoms with Gasteiger partial charge < -0.3 is 15.3 Å². The second-order valence-electron chi connectivity index (χ2n) is 9.91. The number of fused-ring (bicyclic) bond motifs is 2. The van der Waals surface area contributed by atoms with Crippen LogP contribution in [0.4, 0.5) is 11.4 Å². The van der Waals surface area contributed by atoms with Gasteiger partial charge in [0.25, 0.3) is 11.8 Å². The first-order chi connectivity index (χ1) is 18.5. The van der Waals surface area contributed by atoms with Crippen molar-refractivity contribution >= 4 is 45.7 Å². The van der Waals surface area contributed by atoms with Crippen molar-refractivity contribution in [2.75, 3.05) is 62.6 Å². The number of unbranched alkanes of at least 4 members (excludes halogenated alkanes) is 3. The standard InChI is InChI=1S/C29H34ClN5O3/c30-21-5-7-24-26(9-11-32-27(24)19-21)31-10-3-1-2-4-12-35-28(37)23-8-6-22(20-25(23)29(35)38)34-15-13-33(14-16-34)17-18-36/h5-9,11,19-20,36H,1-4,10,12-18H2,(H,31,32). The SMILES string of the molecule is O=C1c2ccc(N3CCN(CCO)CC3)cc2C(=O)N1CCCCCCNc1ccnc2cc(Cl)ccc12. The normalized spacial score (nSPS) is 15.9. The lowest BCUT2D eigenvalue weighted by Crippen LogP contribution is -2.47. The number of anilines is 2. The first kappa shape index (κ1) is 26.4. The number of aromatic nitrogens is 1. The van der Waals surface area contributed by atoms with E-state index in [1.807, 2.05) is 36.4 Å². The summed E-state index contributed by atoms with van der Waals surface area (Å²) in [6, 6.07) is 13.3. The third-order valence-electron chi connectivity index (χ3n) is 7.44. The van der Waals surface area contributed by atoms with E-state index in [0.29, 0.717) is 29.2 Å². The Morgan fingerprint density at radius 2 is 1.66 bits per heavy atom. The van der Waals surface area contributed by atoms with Crippen LogP contribution in [0.2, 0.25) is 5.02 Å². The Morgan fingerprint density at radius 3 is 2.47 bits per heavy atom. The number of hydrogen-bond acceptors (Lipinski definition) is 7. The molecule has 1 saturated heterocycles. The average Bonchev–Trinajstić information content (AvgIpc) is 3.17. The second-order valence-corrected chi connectivity index (χ2v) is 10.3. The fraction of sp³-hybridized carbons (Fsp3) is 0.414. The number of aliphatic hydroxyl groups excluding tert-OH is 1. The first-order valence-electron chi connectivity index (χ1n) is 13.4. The van der Waals surface area contributed by atoms with Gasteiger partial charge in [0.05, 0.1) is 23.3 Å². The highest BCUT2D eigenvalue weighted by molar-refractivity contribution is 6.31. The summed E-state index contributed by atoms with van der Waals surface area (Å²) in [7, 11) is 0. The van der Waals surface area contributed by atoms with Gasteiger partial charge in [0.15, 0.2) is 0 Å². The summed E-state index contributed by atoms with van der Waals surface area (Å²) < 4.78 is 0. The van der Waals surface area contributed by atoms with Crippen LogP contribution in [-0.4, -0.2) is 84.1 Å². The molecule has 0 saturated carbocycles. The van der Waals surface area contributed by atoms with Crippen molar-refractivity contribution in [3.8, 4) is 0 Å². The number of halogens is 1. The molecule has 3 heterocycles. The number of piperazine rings is 1. The number of nitrogens with one attached hydrogen (secondary N) is 1. The summed E-state index contributed by atoms with van der Waals surface area (Å²) in [5, 5.41) is 14.4. The number of amides is 2. The van der Waals surface area contributed by atoms with Gasteiger partial charge >= 0.3 is 0 Å². The van der Waals surface area contributed by atoms with Crippen LogP contribution in [0.15, 0.2) is 48.7 Å². The monoisotopic (exact) mass is 535 g/mol. The van der Waals surface area contributed by atoms with Crippen LogP contribution >= 0.6 is 11.6 Å². The van der Waals surface area contributed by atoms with Crippen LogP contribution in [0.25, 0.3) is 10.9 Å². The summed E-state index contributed by atoms with van der Waals surface area (Å²) in [5.41, 5.74) is 3.92. The third kappa shape index (κ3) is 5.77. The van der Waals surface area contributed by atoms with Crippen LogP contribution in [0, 0.1) is 0 Å². The van der Waals surface area contributed by atoms with Crippen molar-refractivity contribution in [3.05, 3.63) is 64.8 Å².